The van der Waals surface area contributed by atoms with E-state index in [1.165, 1.54) is 6.42 Å². The zero-order valence-electron chi connectivity index (χ0n) is 11.4. The van der Waals surface area contributed by atoms with E-state index >= 15 is 0 Å². The Morgan fingerprint density at radius 3 is 2.50 bits per heavy atom. The van der Waals surface area contributed by atoms with Gasteiger partial charge < -0.3 is 15.2 Å². The predicted molar refractivity (Wildman–Crippen MR) is 78.0 cm³/mol. The van der Waals surface area contributed by atoms with Gasteiger partial charge in [-0.15, -0.1) is 0 Å². The summed E-state index contributed by atoms with van der Waals surface area (Å²) in [7, 11) is 0. The van der Waals surface area contributed by atoms with E-state index < -0.39 is 5.54 Å². The summed E-state index contributed by atoms with van der Waals surface area (Å²) in [6, 6.07) is 6.87. The molecule has 20 heavy (non-hydrogen) atoms. The summed E-state index contributed by atoms with van der Waals surface area (Å²) >= 11 is 5.78. The first-order valence-corrected chi connectivity index (χ1v) is 7.32. The Morgan fingerprint density at radius 2 is 1.90 bits per heavy atom. The molecule has 0 spiro atoms. The van der Waals surface area contributed by atoms with E-state index in [1.807, 2.05) is 0 Å². The van der Waals surface area contributed by atoms with Crippen molar-refractivity contribution in [2.75, 3.05) is 13.2 Å². The van der Waals surface area contributed by atoms with Crippen molar-refractivity contribution in [1.82, 2.24) is 5.32 Å². The number of carbonyl (C=O) groups is 1. The van der Waals surface area contributed by atoms with E-state index in [-0.39, 0.29) is 19.1 Å². The van der Waals surface area contributed by atoms with Crippen molar-refractivity contribution in [2.24, 2.45) is 0 Å². The van der Waals surface area contributed by atoms with E-state index in [4.69, 9.17) is 16.3 Å². The third-order valence-electron chi connectivity index (χ3n) is 3.70. The second-order valence-electron chi connectivity index (χ2n) is 5.29. The lowest BCUT2D eigenvalue weighted by molar-refractivity contribution is -0.126. The normalized spacial score (nSPS) is 17.5. The van der Waals surface area contributed by atoms with Crippen molar-refractivity contribution >= 4 is 17.5 Å². The Labute approximate surface area is 124 Å². The molecule has 0 bridgehead atoms. The van der Waals surface area contributed by atoms with Crippen LogP contribution in [0.2, 0.25) is 5.02 Å². The molecule has 0 unspecified atom stereocenters. The van der Waals surface area contributed by atoms with Gasteiger partial charge in [0.05, 0.1) is 12.1 Å². The fourth-order valence-electron chi connectivity index (χ4n) is 2.56. The van der Waals surface area contributed by atoms with E-state index in [9.17, 15) is 9.90 Å². The van der Waals surface area contributed by atoms with Gasteiger partial charge in [-0.2, -0.15) is 0 Å². The van der Waals surface area contributed by atoms with Gasteiger partial charge in [-0.05, 0) is 37.1 Å². The summed E-state index contributed by atoms with van der Waals surface area (Å²) in [5.41, 5.74) is -0.460. The molecule has 0 aromatic heterocycles. The van der Waals surface area contributed by atoms with Crippen LogP contribution in [0.3, 0.4) is 0 Å². The number of halogens is 1. The highest BCUT2D eigenvalue weighted by Gasteiger charge is 2.32. The summed E-state index contributed by atoms with van der Waals surface area (Å²) in [6.07, 6.45) is 4.91. The molecule has 1 saturated carbocycles. The van der Waals surface area contributed by atoms with Crippen LogP contribution in [0.25, 0.3) is 0 Å². The number of aliphatic hydroxyl groups excluding tert-OH is 1. The number of ether oxygens (including phenoxy) is 1. The van der Waals surface area contributed by atoms with Crippen LogP contribution < -0.4 is 10.1 Å². The largest absolute Gasteiger partial charge is 0.484 e. The summed E-state index contributed by atoms with van der Waals surface area (Å²) in [5.74, 6) is 0.405. The number of hydrogen-bond acceptors (Lipinski definition) is 3. The van der Waals surface area contributed by atoms with Gasteiger partial charge in [-0.3, -0.25) is 4.79 Å². The van der Waals surface area contributed by atoms with Gasteiger partial charge in [0.1, 0.15) is 5.75 Å². The minimum Gasteiger partial charge on any atom is -0.484 e. The van der Waals surface area contributed by atoms with E-state index in [0.717, 1.165) is 25.7 Å². The van der Waals surface area contributed by atoms with Gasteiger partial charge in [0.15, 0.2) is 6.61 Å². The Hall–Kier alpha value is -1.26. The van der Waals surface area contributed by atoms with Crippen molar-refractivity contribution in [2.45, 2.75) is 37.6 Å². The summed E-state index contributed by atoms with van der Waals surface area (Å²) in [6.45, 7) is -0.0664. The summed E-state index contributed by atoms with van der Waals surface area (Å²) in [4.78, 5) is 11.9. The number of hydrogen-bond donors (Lipinski definition) is 2. The number of aliphatic hydroxyl groups is 1. The minimum atomic E-state index is -0.460. The van der Waals surface area contributed by atoms with Gasteiger partial charge in [0.2, 0.25) is 0 Å². The first-order chi connectivity index (χ1) is 9.63. The zero-order valence-corrected chi connectivity index (χ0v) is 12.2. The van der Waals surface area contributed by atoms with Crippen molar-refractivity contribution < 1.29 is 14.6 Å². The van der Waals surface area contributed by atoms with Crippen molar-refractivity contribution in [3.8, 4) is 5.75 Å². The van der Waals surface area contributed by atoms with E-state index in [2.05, 4.69) is 5.32 Å². The predicted octanol–water partition coefficient (Wildman–Crippen LogP) is 2.53. The van der Waals surface area contributed by atoms with Gasteiger partial charge in [0.25, 0.3) is 5.91 Å². The number of benzene rings is 1. The molecule has 1 aliphatic rings. The maximum atomic E-state index is 11.9. The smallest absolute Gasteiger partial charge is 0.258 e. The van der Waals surface area contributed by atoms with Crippen LogP contribution in [0.15, 0.2) is 24.3 Å². The highest BCUT2D eigenvalue weighted by atomic mass is 35.5. The lowest BCUT2D eigenvalue weighted by Crippen LogP contribution is -2.53. The number of nitrogens with one attached hydrogen (secondary N) is 1. The van der Waals surface area contributed by atoms with Crippen LogP contribution >= 0.6 is 11.6 Å². The van der Waals surface area contributed by atoms with Crippen molar-refractivity contribution in [3.05, 3.63) is 29.3 Å². The SMILES string of the molecule is O=C(COc1ccc(Cl)cc1)NC1(CO)CCCCC1. The third-order valence-corrected chi connectivity index (χ3v) is 3.95. The van der Waals surface area contributed by atoms with Crippen molar-refractivity contribution in [1.29, 1.82) is 0 Å². The van der Waals surface area contributed by atoms with Gasteiger partial charge >= 0.3 is 0 Å². The molecule has 1 fully saturated rings. The number of amides is 1. The molecule has 1 amide bonds. The molecule has 2 rings (SSSR count). The van der Waals surface area contributed by atoms with Gasteiger partial charge in [-0.25, -0.2) is 0 Å². The molecular formula is C15H20ClNO3. The molecule has 1 aliphatic carbocycles. The second-order valence-corrected chi connectivity index (χ2v) is 5.73. The second kappa shape index (κ2) is 6.95. The Bertz CT molecular complexity index is 441. The molecule has 1 aromatic rings. The summed E-state index contributed by atoms with van der Waals surface area (Å²) in [5, 5.41) is 13.1. The molecular weight excluding hydrogens is 278 g/mol. The highest BCUT2D eigenvalue weighted by molar-refractivity contribution is 6.30. The van der Waals surface area contributed by atoms with Gasteiger partial charge in [0, 0.05) is 5.02 Å². The quantitative estimate of drug-likeness (QED) is 0.878. The Balaban J connectivity index is 1.83. The van der Waals surface area contributed by atoms with Crippen LogP contribution in [-0.4, -0.2) is 29.8 Å². The molecule has 0 aliphatic heterocycles. The van der Waals surface area contributed by atoms with Gasteiger partial charge in [-0.1, -0.05) is 30.9 Å². The van der Waals surface area contributed by atoms with Crippen LogP contribution in [-0.2, 0) is 4.79 Å². The minimum absolute atomic E-state index is 0.0142. The van der Waals surface area contributed by atoms with Crippen LogP contribution in [0, 0.1) is 0 Å². The Kier molecular flexibility index (Phi) is 5.26. The fourth-order valence-corrected chi connectivity index (χ4v) is 2.69. The molecule has 110 valence electrons. The first kappa shape index (κ1) is 15.1. The topological polar surface area (TPSA) is 58.6 Å². The third kappa shape index (κ3) is 4.12. The molecule has 0 saturated heterocycles. The number of rotatable bonds is 5. The van der Waals surface area contributed by atoms with Crippen LogP contribution in [0.1, 0.15) is 32.1 Å². The average Bonchev–Trinajstić information content (AvgIpc) is 2.47. The average molecular weight is 298 g/mol. The van der Waals surface area contributed by atoms with E-state index in [0.29, 0.717) is 10.8 Å². The molecule has 0 heterocycles. The first-order valence-electron chi connectivity index (χ1n) is 6.94. The Morgan fingerprint density at radius 1 is 1.25 bits per heavy atom. The molecule has 1 aromatic carbocycles. The summed E-state index contributed by atoms with van der Waals surface area (Å²) < 4.78 is 5.40. The maximum absolute atomic E-state index is 11.9. The maximum Gasteiger partial charge on any atom is 0.258 e. The monoisotopic (exact) mass is 297 g/mol. The fraction of sp³-hybridized carbons (Fsp3) is 0.533. The lowest BCUT2D eigenvalue weighted by Gasteiger charge is -2.36. The highest BCUT2D eigenvalue weighted by Crippen LogP contribution is 2.27. The number of carbonyl (C=O) groups excluding carboxylic acids is 1. The molecule has 0 radical (unpaired) electrons. The molecule has 0 atom stereocenters. The van der Waals surface area contributed by atoms with Crippen LogP contribution in [0.4, 0.5) is 0 Å². The van der Waals surface area contributed by atoms with Crippen LogP contribution in [0.5, 0.6) is 5.75 Å². The molecule has 2 N–H and O–H groups in total. The molecule has 4 nitrogen and oxygen atoms in total. The zero-order chi connectivity index (χ0) is 14.4. The standard InChI is InChI=1S/C15H20ClNO3/c16-12-4-6-13(7-5-12)20-10-14(19)17-15(11-18)8-2-1-3-9-15/h4-7,18H,1-3,8-11H2,(H,17,19). The van der Waals surface area contributed by atoms with Crippen molar-refractivity contribution in [3.63, 3.8) is 0 Å². The molecule has 5 heteroatoms. The lowest BCUT2D eigenvalue weighted by atomic mass is 9.82. The van der Waals surface area contributed by atoms with E-state index in [1.54, 1.807) is 24.3 Å².